The summed E-state index contributed by atoms with van der Waals surface area (Å²) in [6, 6.07) is 10.6. The van der Waals surface area contributed by atoms with Gasteiger partial charge in [-0.2, -0.15) is 0 Å². The van der Waals surface area contributed by atoms with Crippen molar-refractivity contribution in [2.45, 2.75) is 178 Å². The fraction of sp³-hybridized carbons (Fsp3) is 0.447. The zero-order chi connectivity index (χ0) is 82.8. The first-order chi connectivity index (χ1) is 53.8. The number of amides is 16. The van der Waals surface area contributed by atoms with Crippen LogP contribution in [0.5, 0.6) is 5.75 Å². The quantitative estimate of drug-likeness (QED) is 0.0119. The van der Waals surface area contributed by atoms with Gasteiger partial charge in [0.2, 0.25) is 70.9 Å². The minimum atomic E-state index is -1.90. The van der Waals surface area contributed by atoms with Gasteiger partial charge in [0.25, 0.3) is 0 Å². The molecule has 0 saturated carbocycles. The number of urea groups is 2. The van der Waals surface area contributed by atoms with E-state index in [2.05, 4.69) is 74.1 Å². The number of nitrogens with two attached hydrogens (primary N) is 4. The SMILES string of the molecule is CC(=O)N[C@H](Cc1ccc2ccccc2c1)C(=O)N[C@H](Cc1ccc(Cl)cc1)C(=O)N[C@H](Cc1cccnc1)C(=O)N[C@@H](CO)C(=O)N[C@@H](Cc1ccc(O)cc1)C(=O)N[C@H](CCCCNC(=O)C(CCNC(N)=O)NC(N)=O)C(=O)N[C@@H](CC(C)C)C(=O)N[C@@H](CCCNC(=N)N)C(=O)N1CCC[C@H]1C(=O)N[C@H](C)C(N)=O. The van der Waals surface area contributed by atoms with E-state index in [4.69, 9.17) is 39.9 Å². The third-order valence-electron chi connectivity index (χ3n) is 18.3. The number of nitrogens with one attached hydrogen (secondary N) is 14. The number of aliphatic hydroxyl groups is 1. The van der Waals surface area contributed by atoms with E-state index in [1.54, 1.807) is 50.2 Å². The van der Waals surface area contributed by atoms with Crippen LogP contribution in [0.3, 0.4) is 0 Å². The lowest BCUT2D eigenvalue weighted by molar-refractivity contribution is -0.142. The van der Waals surface area contributed by atoms with E-state index in [1.165, 1.54) is 55.4 Å². The molecule has 1 fully saturated rings. The number of carbonyl (C=O) groups excluding carboxylic acids is 14. The summed E-state index contributed by atoms with van der Waals surface area (Å²) in [5.41, 5.74) is 23.4. The predicted molar refractivity (Wildman–Crippen MR) is 416 cm³/mol. The molecule has 0 bridgehead atoms. The number of aliphatic hydroxyl groups excluding tert-OH is 1. The number of pyridine rings is 1. The summed E-state index contributed by atoms with van der Waals surface area (Å²) in [7, 11) is 0. The molecule has 610 valence electrons. The number of carbonyl (C=O) groups is 14. The van der Waals surface area contributed by atoms with Gasteiger partial charge >= 0.3 is 12.1 Å². The standard InChI is InChI=1S/C76H103ClN20O16/c1-42(2)34-56(66(104)90-55(16-10-31-85-74(79)80)73(111)97-33-11-17-62(97)72(110)87-43(3)63(78)101)91-65(103)53(15-7-8-30-84-64(102)54(96-76(82)113)28-32-86-75(81)112)89-68(106)58(37-46-21-26-52(100)27-22-46)94-71(109)61(41-98)95-70(108)60(39-48-12-9-29-83-40-48)93-69(107)59(36-45-19-24-51(77)25-20-45)92-67(105)57(88-44(4)99)38-47-18-23-49-13-5-6-14-50(49)35-47/h5-6,9,12-14,18-27,29,35,40,42-43,53-62,98,100H,7-8,10-11,15-17,28,30-34,36-39,41H2,1-4H3,(H2,78,101)(H,84,102)(H,87,110)(H,88,99)(H,89,106)(H,90,104)(H,91,103)(H,92,105)(H,93,107)(H,94,109)(H,95,108)(H4,79,80,85)(H3,81,86,112)(H3,82,96,113)/t43-,53-,54?,55+,56+,57-,58+,59-,60-,61+,62+/m1/s1. The van der Waals surface area contributed by atoms with E-state index < -0.39 is 156 Å². The Balaban J connectivity index is 1.30. The minimum absolute atomic E-state index is 0.00688. The summed E-state index contributed by atoms with van der Waals surface area (Å²) in [5.74, 6) is -11.1. The monoisotopic (exact) mass is 1590 g/mol. The fourth-order valence-electron chi connectivity index (χ4n) is 12.5. The number of primary amides is 3. The van der Waals surface area contributed by atoms with Crippen LogP contribution in [0, 0.1) is 11.3 Å². The van der Waals surface area contributed by atoms with Gasteiger partial charge in [-0.25, -0.2) is 9.59 Å². The second-order valence-electron chi connectivity index (χ2n) is 27.9. The number of phenolic OH excluding ortho intramolecular Hbond substituents is 1. The first kappa shape index (κ1) is 89.7. The zero-order valence-corrected chi connectivity index (χ0v) is 64.1. The number of hydrogen-bond acceptors (Lipinski definition) is 18. The van der Waals surface area contributed by atoms with Gasteiger partial charge in [-0.3, -0.25) is 67.9 Å². The topological polar surface area (TPSA) is 580 Å². The highest BCUT2D eigenvalue weighted by Crippen LogP contribution is 2.23. The highest BCUT2D eigenvalue weighted by Gasteiger charge is 2.41. The molecule has 16 amide bonds. The maximum absolute atomic E-state index is 15.1. The first-order valence-corrected chi connectivity index (χ1v) is 37.4. The molecule has 36 nitrogen and oxygen atoms in total. The molecule has 4 aromatic carbocycles. The van der Waals surface area contributed by atoms with Crippen LogP contribution in [-0.4, -0.2) is 208 Å². The van der Waals surface area contributed by atoms with Crippen molar-refractivity contribution in [1.82, 2.24) is 79.0 Å². The summed E-state index contributed by atoms with van der Waals surface area (Å²) in [5, 5.41) is 64.9. The van der Waals surface area contributed by atoms with Crippen LogP contribution in [0.1, 0.15) is 108 Å². The number of benzene rings is 4. The third kappa shape index (κ3) is 30.5. The van der Waals surface area contributed by atoms with Gasteiger partial charge in [-0.1, -0.05) is 98.2 Å². The van der Waals surface area contributed by atoms with E-state index in [1.807, 2.05) is 42.5 Å². The highest BCUT2D eigenvalue weighted by molar-refractivity contribution is 6.30. The van der Waals surface area contributed by atoms with E-state index in [0.717, 1.165) is 10.8 Å². The molecule has 37 heteroatoms. The van der Waals surface area contributed by atoms with Crippen LogP contribution in [0.15, 0.2) is 116 Å². The maximum Gasteiger partial charge on any atom is 0.312 e. The fourth-order valence-corrected chi connectivity index (χ4v) is 12.6. The third-order valence-corrected chi connectivity index (χ3v) is 18.6. The van der Waals surface area contributed by atoms with Crippen LogP contribution < -0.4 is 92.1 Å². The van der Waals surface area contributed by atoms with Crippen molar-refractivity contribution in [3.8, 4) is 5.75 Å². The predicted octanol–water partition coefficient (Wildman–Crippen LogP) is -1.57. The van der Waals surface area contributed by atoms with E-state index in [9.17, 15) is 67.7 Å². The molecule has 0 aliphatic carbocycles. The molecule has 5 aromatic rings. The number of rotatable bonds is 44. The van der Waals surface area contributed by atoms with Crippen molar-refractivity contribution >= 4 is 111 Å². The Morgan fingerprint density at radius 1 is 0.504 bits per heavy atom. The molecule has 24 N–H and O–H groups in total. The number of halogens is 1. The molecular formula is C76H103ClN20O16. The van der Waals surface area contributed by atoms with Gasteiger partial charge in [0.1, 0.15) is 72.2 Å². The first-order valence-electron chi connectivity index (χ1n) is 37.0. The zero-order valence-electron chi connectivity index (χ0n) is 63.3. The number of aromatic nitrogens is 1. The van der Waals surface area contributed by atoms with E-state index in [0.29, 0.717) is 33.7 Å². The molecule has 2 heterocycles. The number of aromatic hydroxyl groups is 1. The number of fused-ring (bicyclic) bond motifs is 1. The number of guanidine groups is 1. The molecule has 1 unspecified atom stereocenters. The van der Waals surface area contributed by atoms with Crippen molar-refractivity contribution < 1.29 is 77.3 Å². The Kier molecular flexibility index (Phi) is 35.9. The lowest BCUT2D eigenvalue weighted by Crippen LogP contribution is -2.61. The number of likely N-dealkylation sites (tertiary alicyclic amines) is 1. The average Bonchev–Trinajstić information content (AvgIpc) is 1.82. The summed E-state index contributed by atoms with van der Waals surface area (Å²) in [4.78, 5) is 199. The van der Waals surface area contributed by atoms with E-state index in [-0.39, 0.29) is 121 Å². The number of phenols is 1. The smallest absolute Gasteiger partial charge is 0.312 e. The normalized spacial score (nSPS) is 15.0. The van der Waals surface area contributed by atoms with Gasteiger partial charge in [0.05, 0.1) is 6.61 Å². The van der Waals surface area contributed by atoms with Crippen LogP contribution in [0.2, 0.25) is 5.02 Å². The van der Waals surface area contributed by atoms with Crippen molar-refractivity contribution in [2.24, 2.45) is 28.9 Å². The number of nitrogens with zero attached hydrogens (tertiary/aromatic N) is 2. The average molecular weight is 1590 g/mol. The highest BCUT2D eigenvalue weighted by atomic mass is 35.5. The second kappa shape index (κ2) is 45.2. The Bertz CT molecular complexity index is 4140. The van der Waals surface area contributed by atoms with Crippen LogP contribution in [0.25, 0.3) is 10.8 Å². The Hall–Kier alpha value is -12.2. The van der Waals surface area contributed by atoms with E-state index >= 15 is 9.59 Å². The lowest BCUT2D eigenvalue weighted by Gasteiger charge is -2.31. The van der Waals surface area contributed by atoms with Crippen molar-refractivity contribution in [1.29, 1.82) is 5.41 Å². The Labute approximate surface area is 657 Å². The molecule has 6 rings (SSSR count). The minimum Gasteiger partial charge on any atom is -0.508 e. The molecular weight excluding hydrogens is 1480 g/mol. The summed E-state index contributed by atoms with van der Waals surface area (Å²) in [6.45, 7) is 4.92. The second-order valence-corrected chi connectivity index (χ2v) is 28.3. The molecule has 1 aromatic heterocycles. The molecule has 1 aliphatic heterocycles. The number of hydrogen-bond donors (Lipinski definition) is 20. The largest absolute Gasteiger partial charge is 0.508 e. The van der Waals surface area contributed by atoms with Gasteiger partial charge in [0, 0.05) is 76.2 Å². The molecule has 0 spiro atoms. The number of unbranched alkanes of at least 4 members (excludes halogenated alkanes) is 1. The van der Waals surface area contributed by atoms with Crippen molar-refractivity contribution in [3.05, 3.63) is 143 Å². The maximum atomic E-state index is 15.1. The Morgan fingerprint density at radius 3 is 1.58 bits per heavy atom. The van der Waals surface area contributed by atoms with Crippen LogP contribution >= 0.6 is 11.6 Å². The van der Waals surface area contributed by atoms with Crippen molar-refractivity contribution in [3.63, 3.8) is 0 Å². The Morgan fingerprint density at radius 2 is 1.01 bits per heavy atom. The van der Waals surface area contributed by atoms with Crippen LogP contribution in [0.4, 0.5) is 9.59 Å². The van der Waals surface area contributed by atoms with Gasteiger partial charge in [0.15, 0.2) is 5.96 Å². The summed E-state index contributed by atoms with van der Waals surface area (Å²) >= 11 is 6.24. The molecule has 1 aliphatic rings. The summed E-state index contributed by atoms with van der Waals surface area (Å²) in [6.07, 6.45) is 2.37. The molecule has 0 radical (unpaired) electrons. The van der Waals surface area contributed by atoms with Gasteiger partial charge < -0.3 is 107 Å². The van der Waals surface area contributed by atoms with Crippen LogP contribution in [-0.2, 0) is 83.2 Å². The van der Waals surface area contributed by atoms with Gasteiger partial charge in [-0.05, 0) is 134 Å². The lowest BCUT2D eigenvalue weighted by atomic mass is 9.99. The van der Waals surface area contributed by atoms with Gasteiger partial charge in [-0.15, -0.1) is 0 Å². The molecule has 1 saturated heterocycles. The molecule has 113 heavy (non-hydrogen) atoms. The molecule has 11 atom stereocenters. The van der Waals surface area contributed by atoms with Crippen molar-refractivity contribution in [2.75, 3.05) is 32.8 Å². The summed E-state index contributed by atoms with van der Waals surface area (Å²) < 4.78 is 0.